The first kappa shape index (κ1) is 21.7. The molecule has 0 spiro atoms. The zero-order chi connectivity index (χ0) is 22.4. The van der Waals surface area contributed by atoms with Crippen molar-refractivity contribution in [3.8, 4) is 6.07 Å². The van der Waals surface area contributed by atoms with Crippen LogP contribution >= 0.6 is 0 Å². The number of benzene rings is 2. The van der Waals surface area contributed by atoms with Crippen LogP contribution in [0.5, 0.6) is 0 Å². The Hall–Kier alpha value is -4.00. The molecule has 5 N–H and O–H groups in total. The topological polar surface area (TPSA) is 120 Å². The molecule has 1 heterocycles. The molecular weight excluding hydrogens is 409 g/mol. The van der Waals surface area contributed by atoms with E-state index in [1.54, 1.807) is 24.3 Å². The van der Waals surface area contributed by atoms with Crippen LogP contribution in [0.1, 0.15) is 33.6 Å². The van der Waals surface area contributed by atoms with Gasteiger partial charge < -0.3 is 16.4 Å². The van der Waals surface area contributed by atoms with Gasteiger partial charge in [-0.2, -0.15) is 23.5 Å². The second-order valence-corrected chi connectivity index (χ2v) is 6.68. The number of halogens is 3. The van der Waals surface area contributed by atoms with Gasteiger partial charge in [0.25, 0.3) is 5.91 Å². The van der Waals surface area contributed by atoms with Gasteiger partial charge in [-0.05, 0) is 43.2 Å². The Morgan fingerprint density at radius 1 is 1.19 bits per heavy atom. The Balaban J connectivity index is 1.63. The van der Waals surface area contributed by atoms with E-state index in [1.807, 2.05) is 6.07 Å². The van der Waals surface area contributed by atoms with Gasteiger partial charge in [0, 0.05) is 12.2 Å². The number of carbonyl (C=O) groups excluding carboxylic acids is 1. The average molecular weight is 428 g/mol. The Kier molecular flexibility index (Phi) is 6.45. The van der Waals surface area contributed by atoms with Crippen molar-refractivity contribution >= 4 is 23.1 Å². The lowest BCUT2D eigenvalue weighted by Crippen LogP contribution is -2.25. The molecule has 1 aromatic heterocycles. The van der Waals surface area contributed by atoms with Crippen LogP contribution in [0.4, 0.5) is 30.4 Å². The molecule has 0 saturated heterocycles. The Morgan fingerprint density at radius 2 is 1.97 bits per heavy atom. The largest absolute Gasteiger partial charge is 0.416 e. The van der Waals surface area contributed by atoms with Crippen molar-refractivity contribution in [2.75, 3.05) is 17.6 Å². The number of rotatable bonds is 7. The molecule has 1 amide bonds. The molecule has 0 atom stereocenters. The second-order valence-electron chi connectivity index (χ2n) is 6.68. The number of nitrogen functional groups attached to an aromatic ring is 1. The smallest absolute Gasteiger partial charge is 0.381 e. The van der Waals surface area contributed by atoms with E-state index in [0.717, 1.165) is 12.1 Å². The van der Waals surface area contributed by atoms with E-state index in [4.69, 9.17) is 11.0 Å². The zero-order valence-corrected chi connectivity index (χ0v) is 16.3. The number of alkyl halides is 3. The summed E-state index contributed by atoms with van der Waals surface area (Å²) in [6.45, 7) is 0.320. The van der Waals surface area contributed by atoms with Gasteiger partial charge in [-0.3, -0.25) is 9.89 Å². The number of para-hydroxylation sites is 1. The molecule has 31 heavy (non-hydrogen) atoms. The van der Waals surface area contributed by atoms with E-state index in [9.17, 15) is 18.0 Å². The third-order valence-corrected chi connectivity index (χ3v) is 4.51. The highest BCUT2D eigenvalue weighted by molar-refractivity contribution is 6.00. The molecule has 0 saturated carbocycles. The normalized spacial score (nSPS) is 11.0. The molecule has 0 aliphatic rings. The standard InChI is InChI=1S/C21H19F3N6O/c22-21(23,24)13-5-3-6-14(11-13)28-17-8-2-1-7-15(17)20(31)27-10-4-9-18-16(12-25)19(26)30-29-18/h1-3,5-8,11,28H,4,9-10H2,(H,27,31)(H3,26,29,30). The lowest BCUT2D eigenvalue weighted by Gasteiger charge is -2.14. The molecule has 0 aliphatic heterocycles. The summed E-state index contributed by atoms with van der Waals surface area (Å²) >= 11 is 0. The summed E-state index contributed by atoms with van der Waals surface area (Å²) in [5.74, 6) is -0.240. The molecule has 7 nitrogen and oxygen atoms in total. The van der Waals surface area contributed by atoms with E-state index >= 15 is 0 Å². The molecule has 2 aromatic carbocycles. The predicted octanol–water partition coefficient (Wildman–Crippen LogP) is 3.99. The van der Waals surface area contributed by atoms with Crippen molar-refractivity contribution in [3.05, 3.63) is 70.9 Å². The number of amides is 1. The van der Waals surface area contributed by atoms with Crippen molar-refractivity contribution in [2.45, 2.75) is 19.0 Å². The number of nitrogens with two attached hydrogens (primary N) is 1. The SMILES string of the molecule is N#Cc1c(N)n[nH]c1CCCNC(=O)c1ccccc1Nc1cccc(C(F)(F)F)c1. The number of aromatic nitrogens is 2. The third kappa shape index (κ3) is 5.33. The minimum Gasteiger partial charge on any atom is -0.381 e. The number of hydrogen-bond acceptors (Lipinski definition) is 5. The highest BCUT2D eigenvalue weighted by atomic mass is 19.4. The van der Waals surface area contributed by atoms with Crippen LogP contribution < -0.4 is 16.4 Å². The van der Waals surface area contributed by atoms with Gasteiger partial charge in [-0.1, -0.05) is 18.2 Å². The lowest BCUT2D eigenvalue weighted by molar-refractivity contribution is -0.137. The van der Waals surface area contributed by atoms with Crippen LogP contribution in [0.25, 0.3) is 0 Å². The molecule has 3 aromatic rings. The van der Waals surface area contributed by atoms with Gasteiger partial charge in [-0.15, -0.1) is 0 Å². The fraction of sp³-hybridized carbons (Fsp3) is 0.190. The number of H-pyrrole nitrogens is 1. The van der Waals surface area contributed by atoms with Crippen molar-refractivity contribution in [3.63, 3.8) is 0 Å². The van der Waals surface area contributed by atoms with Crippen LogP contribution in [0.3, 0.4) is 0 Å². The summed E-state index contributed by atoms with van der Waals surface area (Å²) in [4.78, 5) is 12.6. The Labute approximate surface area is 176 Å². The maximum Gasteiger partial charge on any atom is 0.416 e. The van der Waals surface area contributed by atoms with E-state index in [1.165, 1.54) is 12.1 Å². The van der Waals surface area contributed by atoms with Gasteiger partial charge in [-0.25, -0.2) is 0 Å². The quantitative estimate of drug-likeness (QED) is 0.424. The number of nitriles is 1. The van der Waals surface area contributed by atoms with Crippen molar-refractivity contribution in [1.29, 1.82) is 5.26 Å². The Bertz CT molecular complexity index is 1120. The highest BCUT2D eigenvalue weighted by Crippen LogP contribution is 2.31. The molecular formula is C21H19F3N6O. The molecule has 160 valence electrons. The van der Waals surface area contributed by atoms with Crippen LogP contribution in [0, 0.1) is 11.3 Å². The van der Waals surface area contributed by atoms with Crippen molar-refractivity contribution in [1.82, 2.24) is 15.5 Å². The first-order chi connectivity index (χ1) is 14.8. The fourth-order valence-electron chi connectivity index (χ4n) is 2.98. The molecule has 0 bridgehead atoms. The minimum absolute atomic E-state index is 0.135. The van der Waals surface area contributed by atoms with Crippen LogP contribution in [0.15, 0.2) is 48.5 Å². The number of aryl methyl sites for hydroxylation is 1. The maximum atomic E-state index is 12.9. The summed E-state index contributed by atoms with van der Waals surface area (Å²) < 4.78 is 38.8. The molecule has 10 heteroatoms. The molecule has 0 fully saturated rings. The van der Waals surface area contributed by atoms with E-state index < -0.39 is 11.7 Å². The fourth-order valence-corrected chi connectivity index (χ4v) is 2.98. The number of hydrogen-bond donors (Lipinski definition) is 4. The van der Waals surface area contributed by atoms with Gasteiger partial charge in [0.1, 0.15) is 11.6 Å². The molecule has 0 unspecified atom stereocenters. The summed E-state index contributed by atoms with van der Waals surface area (Å²) in [6.07, 6.45) is -3.46. The highest BCUT2D eigenvalue weighted by Gasteiger charge is 2.30. The van der Waals surface area contributed by atoms with Crippen LogP contribution in [-0.2, 0) is 12.6 Å². The molecule has 3 rings (SSSR count). The first-order valence-corrected chi connectivity index (χ1v) is 9.34. The summed E-state index contributed by atoms with van der Waals surface area (Å²) in [6, 6.07) is 13.3. The Morgan fingerprint density at radius 3 is 2.71 bits per heavy atom. The van der Waals surface area contributed by atoms with Gasteiger partial charge in [0.15, 0.2) is 5.82 Å². The van der Waals surface area contributed by atoms with Gasteiger partial charge >= 0.3 is 6.18 Å². The van der Waals surface area contributed by atoms with Crippen molar-refractivity contribution < 1.29 is 18.0 Å². The number of nitrogens with one attached hydrogen (secondary N) is 3. The summed E-state index contributed by atoms with van der Waals surface area (Å²) in [5, 5.41) is 21.2. The monoisotopic (exact) mass is 428 g/mol. The second kappa shape index (κ2) is 9.21. The van der Waals surface area contributed by atoms with Gasteiger partial charge in [0.2, 0.25) is 0 Å². The minimum atomic E-state index is -4.46. The summed E-state index contributed by atoms with van der Waals surface area (Å²) in [7, 11) is 0. The maximum absolute atomic E-state index is 12.9. The van der Waals surface area contributed by atoms with Crippen molar-refractivity contribution in [2.24, 2.45) is 0 Å². The number of nitrogens with zero attached hydrogens (tertiary/aromatic N) is 2. The van der Waals surface area contributed by atoms with E-state index in [2.05, 4.69) is 20.8 Å². The van der Waals surface area contributed by atoms with Crippen LogP contribution in [0.2, 0.25) is 0 Å². The molecule has 0 aliphatic carbocycles. The number of carbonyl (C=O) groups is 1. The van der Waals surface area contributed by atoms with Gasteiger partial charge in [0.05, 0.1) is 22.5 Å². The number of anilines is 3. The van der Waals surface area contributed by atoms with Crippen LogP contribution in [-0.4, -0.2) is 22.6 Å². The van der Waals surface area contributed by atoms with E-state index in [-0.39, 0.29) is 17.4 Å². The average Bonchev–Trinajstić information content (AvgIpc) is 3.10. The number of aromatic amines is 1. The molecule has 0 radical (unpaired) electrons. The first-order valence-electron chi connectivity index (χ1n) is 9.34. The van der Waals surface area contributed by atoms with E-state index in [0.29, 0.717) is 41.9 Å². The predicted molar refractivity (Wildman–Crippen MR) is 110 cm³/mol. The summed E-state index contributed by atoms with van der Waals surface area (Å²) in [5.41, 5.74) is 6.59. The zero-order valence-electron chi connectivity index (χ0n) is 16.3. The third-order valence-electron chi connectivity index (χ3n) is 4.51. The lowest BCUT2D eigenvalue weighted by atomic mass is 10.1.